The molecule has 0 fully saturated rings. The van der Waals surface area contributed by atoms with Crippen LogP contribution in [-0.4, -0.2) is 11.5 Å². The summed E-state index contributed by atoms with van der Waals surface area (Å²) in [5.41, 5.74) is 6.95. The molecule has 0 bridgehead atoms. The van der Waals surface area contributed by atoms with E-state index < -0.39 is 0 Å². The van der Waals surface area contributed by atoms with E-state index in [0.717, 1.165) is 18.7 Å². The highest BCUT2D eigenvalue weighted by molar-refractivity contribution is 7.07. The molecule has 0 aliphatic heterocycles. The zero-order valence-electron chi connectivity index (χ0n) is 11.2. The fraction of sp³-hybridized carbons (Fsp3) is 0.400. The van der Waals surface area contributed by atoms with Crippen LogP contribution in [0, 0.1) is 13.8 Å². The Morgan fingerprint density at radius 2 is 1.94 bits per heavy atom. The van der Waals surface area contributed by atoms with Crippen molar-refractivity contribution in [2.45, 2.75) is 33.2 Å². The summed E-state index contributed by atoms with van der Waals surface area (Å²) in [6.07, 6.45) is 1.13. The van der Waals surface area contributed by atoms with Gasteiger partial charge in [0.2, 0.25) is 0 Å². The lowest BCUT2D eigenvalue weighted by Crippen LogP contribution is -2.23. The van der Waals surface area contributed by atoms with Gasteiger partial charge in [0.25, 0.3) is 0 Å². The molecule has 96 valence electrons. The van der Waals surface area contributed by atoms with Gasteiger partial charge in [0.05, 0.1) is 17.2 Å². The molecule has 18 heavy (non-hydrogen) atoms. The summed E-state index contributed by atoms with van der Waals surface area (Å²) in [7, 11) is 0. The molecular weight excluding hydrogens is 240 g/mol. The molecule has 3 heteroatoms. The van der Waals surface area contributed by atoms with E-state index >= 15 is 0 Å². The maximum atomic E-state index is 4.46. The Hall–Kier alpha value is -1.19. The lowest BCUT2D eigenvalue weighted by atomic mass is 9.99. The van der Waals surface area contributed by atoms with Gasteiger partial charge in [0, 0.05) is 5.38 Å². The first-order valence-corrected chi connectivity index (χ1v) is 7.34. The first-order chi connectivity index (χ1) is 8.70. The summed E-state index contributed by atoms with van der Waals surface area (Å²) >= 11 is 1.65. The number of aryl methyl sites for hydroxylation is 2. The minimum atomic E-state index is 0.217. The number of benzene rings is 1. The van der Waals surface area contributed by atoms with Crippen LogP contribution in [0.4, 0.5) is 0 Å². The number of hydrogen-bond donors (Lipinski definition) is 1. The van der Waals surface area contributed by atoms with Gasteiger partial charge in [-0.15, -0.1) is 11.3 Å². The zero-order chi connectivity index (χ0) is 13.0. The van der Waals surface area contributed by atoms with Crippen molar-refractivity contribution in [3.63, 3.8) is 0 Å². The molecule has 1 unspecified atom stereocenters. The molecule has 0 aliphatic rings. The third-order valence-electron chi connectivity index (χ3n) is 2.92. The molecule has 0 spiro atoms. The van der Waals surface area contributed by atoms with Gasteiger partial charge < -0.3 is 5.32 Å². The Labute approximate surface area is 113 Å². The Balaban J connectivity index is 2.33. The van der Waals surface area contributed by atoms with Crippen LogP contribution in [0.5, 0.6) is 0 Å². The molecule has 2 nitrogen and oxygen atoms in total. The molecule has 1 N–H and O–H groups in total. The van der Waals surface area contributed by atoms with Gasteiger partial charge in [-0.1, -0.05) is 36.2 Å². The quantitative estimate of drug-likeness (QED) is 0.883. The summed E-state index contributed by atoms with van der Waals surface area (Å²) in [5.74, 6) is 0. The molecule has 1 heterocycles. The van der Waals surface area contributed by atoms with E-state index in [9.17, 15) is 0 Å². The normalized spacial score (nSPS) is 12.6. The van der Waals surface area contributed by atoms with Crippen LogP contribution in [0.1, 0.15) is 41.8 Å². The van der Waals surface area contributed by atoms with Crippen molar-refractivity contribution in [1.82, 2.24) is 10.3 Å². The van der Waals surface area contributed by atoms with Crippen LogP contribution in [-0.2, 0) is 0 Å². The van der Waals surface area contributed by atoms with E-state index in [1.165, 1.54) is 16.7 Å². The molecule has 0 aliphatic carbocycles. The SMILES string of the molecule is CCCNC(c1cc(C)cc(C)c1)c1cscn1. The fourth-order valence-electron chi connectivity index (χ4n) is 2.22. The fourth-order valence-corrected chi connectivity index (χ4v) is 2.80. The average Bonchev–Trinajstić information content (AvgIpc) is 2.82. The first-order valence-electron chi connectivity index (χ1n) is 6.40. The van der Waals surface area contributed by atoms with E-state index in [2.05, 4.69) is 54.7 Å². The Bertz CT molecular complexity index is 471. The smallest absolute Gasteiger partial charge is 0.0795 e. The number of nitrogens with one attached hydrogen (secondary N) is 1. The summed E-state index contributed by atoms with van der Waals surface area (Å²) in [6.45, 7) is 7.49. The predicted octanol–water partition coefficient (Wildman–Crippen LogP) is 3.85. The van der Waals surface area contributed by atoms with Gasteiger partial charge in [-0.05, 0) is 32.4 Å². The van der Waals surface area contributed by atoms with E-state index in [1.807, 2.05) is 5.51 Å². The number of hydrogen-bond acceptors (Lipinski definition) is 3. The monoisotopic (exact) mass is 260 g/mol. The number of nitrogens with zero attached hydrogens (tertiary/aromatic N) is 1. The van der Waals surface area contributed by atoms with Gasteiger partial charge in [-0.3, -0.25) is 0 Å². The first kappa shape index (κ1) is 13.2. The van der Waals surface area contributed by atoms with Gasteiger partial charge in [-0.25, -0.2) is 4.98 Å². The highest BCUT2D eigenvalue weighted by Crippen LogP contribution is 2.24. The topological polar surface area (TPSA) is 24.9 Å². The lowest BCUT2D eigenvalue weighted by molar-refractivity contribution is 0.588. The number of aromatic nitrogens is 1. The minimum absolute atomic E-state index is 0.217. The van der Waals surface area contributed by atoms with E-state index in [1.54, 1.807) is 11.3 Å². The van der Waals surface area contributed by atoms with Crippen molar-refractivity contribution in [3.8, 4) is 0 Å². The molecule has 0 saturated carbocycles. The highest BCUT2D eigenvalue weighted by Gasteiger charge is 2.15. The Kier molecular flexibility index (Phi) is 4.50. The second-order valence-electron chi connectivity index (χ2n) is 4.72. The third-order valence-corrected chi connectivity index (χ3v) is 3.53. The molecule has 0 radical (unpaired) electrons. The van der Waals surface area contributed by atoms with Crippen molar-refractivity contribution in [3.05, 3.63) is 51.5 Å². The maximum absolute atomic E-state index is 4.46. The van der Waals surface area contributed by atoms with Gasteiger partial charge in [0.15, 0.2) is 0 Å². The van der Waals surface area contributed by atoms with Crippen molar-refractivity contribution < 1.29 is 0 Å². The van der Waals surface area contributed by atoms with Crippen molar-refractivity contribution in [1.29, 1.82) is 0 Å². The van der Waals surface area contributed by atoms with Gasteiger partial charge >= 0.3 is 0 Å². The van der Waals surface area contributed by atoms with Crippen LogP contribution in [0.25, 0.3) is 0 Å². The third kappa shape index (κ3) is 3.18. The molecule has 2 rings (SSSR count). The number of thiazole rings is 1. The number of rotatable bonds is 5. The summed E-state index contributed by atoms with van der Waals surface area (Å²) in [5, 5.41) is 5.72. The van der Waals surface area contributed by atoms with Crippen LogP contribution in [0.2, 0.25) is 0 Å². The second-order valence-corrected chi connectivity index (χ2v) is 5.44. The summed E-state index contributed by atoms with van der Waals surface area (Å²) < 4.78 is 0. The largest absolute Gasteiger partial charge is 0.305 e. The molecule has 0 amide bonds. The zero-order valence-corrected chi connectivity index (χ0v) is 12.1. The summed E-state index contributed by atoms with van der Waals surface area (Å²) in [6, 6.07) is 6.93. The second kappa shape index (κ2) is 6.12. The van der Waals surface area contributed by atoms with Gasteiger partial charge in [0.1, 0.15) is 0 Å². The predicted molar refractivity (Wildman–Crippen MR) is 78.2 cm³/mol. The molecule has 1 atom stereocenters. The van der Waals surface area contributed by atoms with Gasteiger partial charge in [-0.2, -0.15) is 0 Å². The molecular formula is C15H20N2S. The molecule has 1 aromatic carbocycles. The minimum Gasteiger partial charge on any atom is -0.305 e. The van der Waals surface area contributed by atoms with Crippen LogP contribution >= 0.6 is 11.3 Å². The molecule has 1 aromatic heterocycles. The van der Waals surface area contributed by atoms with E-state index in [4.69, 9.17) is 0 Å². The maximum Gasteiger partial charge on any atom is 0.0795 e. The highest BCUT2D eigenvalue weighted by atomic mass is 32.1. The Morgan fingerprint density at radius 3 is 2.50 bits per heavy atom. The van der Waals surface area contributed by atoms with Crippen LogP contribution in [0.15, 0.2) is 29.1 Å². The molecule has 0 saturated heterocycles. The standard InChI is InChI=1S/C15H20N2S/c1-4-5-16-15(14-9-18-10-17-14)13-7-11(2)6-12(3)8-13/h6-10,15-16H,4-5H2,1-3H3. The van der Waals surface area contributed by atoms with E-state index in [0.29, 0.717) is 0 Å². The Morgan fingerprint density at radius 1 is 1.22 bits per heavy atom. The average molecular weight is 260 g/mol. The van der Waals surface area contributed by atoms with Crippen LogP contribution in [0.3, 0.4) is 0 Å². The molecule has 2 aromatic rings. The van der Waals surface area contributed by atoms with E-state index in [-0.39, 0.29) is 6.04 Å². The summed E-state index contributed by atoms with van der Waals surface area (Å²) in [4.78, 5) is 4.46. The van der Waals surface area contributed by atoms with Crippen molar-refractivity contribution in [2.24, 2.45) is 0 Å². The van der Waals surface area contributed by atoms with Crippen molar-refractivity contribution in [2.75, 3.05) is 6.54 Å². The van der Waals surface area contributed by atoms with Crippen molar-refractivity contribution >= 4 is 11.3 Å². The van der Waals surface area contributed by atoms with Crippen LogP contribution < -0.4 is 5.32 Å². The lowest BCUT2D eigenvalue weighted by Gasteiger charge is -2.18.